The van der Waals surface area contributed by atoms with Crippen molar-refractivity contribution >= 4 is 64.9 Å². The van der Waals surface area contributed by atoms with Crippen molar-refractivity contribution in [2.45, 2.75) is 0 Å². The minimum atomic E-state index is 1.16. The lowest BCUT2D eigenvalue weighted by Gasteiger charge is -2.20. The number of fused-ring (bicyclic) bond motifs is 7. The van der Waals surface area contributed by atoms with Gasteiger partial charge >= 0.3 is 0 Å². The van der Waals surface area contributed by atoms with E-state index in [1.165, 1.54) is 98.3 Å². The minimum absolute atomic E-state index is 1.16. The first-order valence-electron chi connectivity index (χ1n) is 18.4. The monoisotopic (exact) mass is 671 g/mol. The summed E-state index contributed by atoms with van der Waals surface area (Å²) < 4.78 is 2.38. The molecule has 0 spiro atoms. The molecule has 0 radical (unpaired) electrons. The lowest BCUT2D eigenvalue weighted by molar-refractivity contribution is 1.18. The molecule has 0 atom stereocenters. The summed E-state index contributed by atoms with van der Waals surface area (Å²) in [5.74, 6) is 0. The Morgan fingerprint density at radius 3 is 1.25 bits per heavy atom. The molecule has 0 bridgehead atoms. The van der Waals surface area contributed by atoms with Gasteiger partial charge in [0.2, 0.25) is 0 Å². The van der Waals surface area contributed by atoms with Crippen molar-refractivity contribution in [2.75, 3.05) is 0 Å². The molecule has 1 heterocycles. The fraction of sp³-hybridized carbons (Fsp3) is 0. The topological polar surface area (TPSA) is 4.93 Å². The van der Waals surface area contributed by atoms with Crippen LogP contribution < -0.4 is 0 Å². The summed E-state index contributed by atoms with van der Waals surface area (Å²) in [6.45, 7) is 0. The molecule has 0 saturated heterocycles. The first-order chi connectivity index (χ1) is 26.3. The largest absolute Gasteiger partial charge is 0.309 e. The van der Waals surface area contributed by atoms with Gasteiger partial charge in [-0.3, -0.25) is 0 Å². The molecule has 0 amide bonds. The van der Waals surface area contributed by atoms with E-state index in [-0.39, 0.29) is 0 Å². The third-order valence-corrected chi connectivity index (χ3v) is 11.2. The van der Waals surface area contributed by atoms with Crippen LogP contribution in [-0.4, -0.2) is 4.57 Å². The van der Waals surface area contributed by atoms with E-state index in [9.17, 15) is 0 Å². The minimum Gasteiger partial charge on any atom is -0.309 e. The highest BCUT2D eigenvalue weighted by Crippen LogP contribution is 2.47. The molecular formula is C52H33N. The average Bonchev–Trinajstić information content (AvgIpc) is 3.57. The second-order valence-electron chi connectivity index (χ2n) is 14.0. The summed E-state index contributed by atoms with van der Waals surface area (Å²) in [7, 11) is 0. The molecule has 10 aromatic carbocycles. The third kappa shape index (κ3) is 4.58. The van der Waals surface area contributed by atoms with E-state index in [0.29, 0.717) is 0 Å². The fourth-order valence-electron chi connectivity index (χ4n) is 8.83. The standard InChI is InChI=1S/C52H33N/c1-3-17-39-35(13-1)15-11-23-43(39)51-45-21-5-6-22-46(45)52(44-24-12-16-36-14-2-4-18-40(36)44)48-33-37(29-32-47(48)51)34-27-30-38(31-28-34)53-49-25-9-7-19-41(49)42-20-8-10-26-50(42)53/h1-33H. The molecule has 53 heavy (non-hydrogen) atoms. The zero-order valence-electron chi connectivity index (χ0n) is 29.0. The van der Waals surface area contributed by atoms with Gasteiger partial charge in [-0.05, 0) is 107 Å². The number of nitrogens with zero attached hydrogens (tertiary/aromatic N) is 1. The highest BCUT2D eigenvalue weighted by atomic mass is 15.0. The smallest absolute Gasteiger partial charge is 0.0541 e. The van der Waals surface area contributed by atoms with Crippen LogP contribution in [-0.2, 0) is 0 Å². The first kappa shape index (κ1) is 29.7. The molecule has 0 fully saturated rings. The van der Waals surface area contributed by atoms with E-state index in [4.69, 9.17) is 0 Å². The molecular weight excluding hydrogens is 639 g/mol. The first-order valence-corrected chi connectivity index (χ1v) is 18.4. The van der Waals surface area contributed by atoms with Gasteiger partial charge < -0.3 is 4.57 Å². The lowest BCUT2D eigenvalue weighted by atomic mass is 9.83. The van der Waals surface area contributed by atoms with Crippen molar-refractivity contribution in [3.8, 4) is 39.1 Å². The lowest BCUT2D eigenvalue weighted by Crippen LogP contribution is -1.94. The van der Waals surface area contributed by atoms with Gasteiger partial charge in [-0.15, -0.1) is 0 Å². The molecule has 246 valence electrons. The van der Waals surface area contributed by atoms with Crippen LogP contribution in [0.25, 0.3) is 104 Å². The Labute approximate surface area is 307 Å². The molecule has 11 rings (SSSR count). The van der Waals surface area contributed by atoms with Crippen LogP contribution in [0.5, 0.6) is 0 Å². The average molecular weight is 672 g/mol. The van der Waals surface area contributed by atoms with Gasteiger partial charge in [-0.2, -0.15) is 0 Å². The SMILES string of the molecule is c1ccc2c(-c3c4ccccc4c(-c4cccc5ccccc45)c4cc(-c5ccc(-n6c7ccccc7c7ccccc76)cc5)ccc34)cccc2c1. The van der Waals surface area contributed by atoms with Crippen molar-refractivity contribution in [1.82, 2.24) is 4.57 Å². The van der Waals surface area contributed by atoms with Gasteiger partial charge in [0.15, 0.2) is 0 Å². The molecule has 0 unspecified atom stereocenters. The van der Waals surface area contributed by atoms with Gasteiger partial charge in [-0.25, -0.2) is 0 Å². The summed E-state index contributed by atoms with van der Waals surface area (Å²) in [5, 5.41) is 12.6. The van der Waals surface area contributed by atoms with Crippen LogP contribution in [0.2, 0.25) is 0 Å². The molecule has 0 saturated carbocycles. The Morgan fingerprint density at radius 2 is 0.679 bits per heavy atom. The summed E-state index contributed by atoms with van der Waals surface area (Å²) in [5.41, 5.74) is 11.1. The quantitative estimate of drug-likeness (QED) is 0.164. The third-order valence-electron chi connectivity index (χ3n) is 11.2. The Morgan fingerprint density at radius 1 is 0.264 bits per heavy atom. The summed E-state index contributed by atoms with van der Waals surface area (Å²) in [6.07, 6.45) is 0. The van der Waals surface area contributed by atoms with Gasteiger partial charge in [-0.1, -0.05) is 170 Å². The highest BCUT2D eigenvalue weighted by Gasteiger charge is 2.20. The molecule has 1 nitrogen and oxygen atoms in total. The Kier molecular flexibility index (Phi) is 6.62. The van der Waals surface area contributed by atoms with E-state index >= 15 is 0 Å². The second kappa shape index (κ2) is 11.8. The highest BCUT2D eigenvalue weighted by molar-refractivity contribution is 6.25. The molecule has 0 aliphatic rings. The van der Waals surface area contributed by atoms with E-state index in [0.717, 1.165) is 5.69 Å². The molecule has 1 aromatic heterocycles. The zero-order valence-corrected chi connectivity index (χ0v) is 29.0. The molecule has 0 N–H and O–H groups in total. The number of aromatic nitrogens is 1. The van der Waals surface area contributed by atoms with Crippen molar-refractivity contribution < 1.29 is 0 Å². The van der Waals surface area contributed by atoms with Crippen molar-refractivity contribution in [2.24, 2.45) is 0 Å². The van der Waals surface area contributed by atoms with Gasteiger partial charge in [0.25, 0.3) is 0 Å². The van der Waals surface area contributed by atoms with Crippen LogP contribution in [0.15, 0.2) is 200 Å². The Balaban J connectivity index is 1.18. The van der Waals surface area contributed by atoms with E-state index < -0.39 is 0 Å². The maximum absolute atomic E-state index is 2.43. The van der Waals surface area contributed by atoms with E-state index in [2.05, 4.69) is 205 Å². The van der Waals surface area contributed by atoms with Gasteiger partial charge in [0.1, 0.15) is 0 Å². The van der Waals surface area contributed by atoms with Crippen molar-refractivity contribution in [1.29, 1.82) is 0 Å². The predicted molar refractivity (Wildman–Crippen MR) is 227 cm³/mol. The number of hydrogen-bond donors (Lipinski definition) is 0. The maximum Gasteiger partial charge on any atom is 0.0541 e. The molecule has 1 heteroatoms. The number of benzene rings is 10. The van der Waals surface area contributed by atoms with Crippen LogP contribution in [0.3, 0.4) is 0 Å². The second-order valence-corrected chi connectivity index (χ2v) is 14.0. The molecule has 0 aliphatic carbocycles. The maximum atomic E-state index is 2.43. The Bertz CT molecular complexity index is 3150. The van der Waals surface area contributed by atoms with Crippen LogP contribution in [0.4, 0.5) is 0 Å². The normalized spacial score (nSPS) is 11.8. The molecule has 0 aliphatic heterocycles. The van der Waals surface area contributed by atoms with Crippen LogP contribution in [0, 0.1) is 0 Å². The summed E-state index contributed by atoms with van der Waals surface area (Å²) in [4.78, 5) is 0. The van der Waals surface area contributed by atoms with Crippen molar-refractivity contribution in [3.05, 3.63) is 200 Å². The van der Waals surface area contributed by atoms with Crippen LogP contribution in [0.1, 0.15) is 0 Å². The number of hydrogen-bond acceptors (Lipinski definition) is 0. The van der Waals surface area contributed by atoms with E-state index in [1.54, 1.807) is 0 Å². The predicted octanol–water partition coefficient (Wildman–Crippen LogP) is 14.4. The zero-order chi connectivity index (χ0) is 34.9. The number of rotatable bonds is 4. The van der Waals surface area contributed by atoms with E-state index in [1.807, 2.05) is 0 Å². The molecule has 11 aromatic rings. The van der Waals surface area contributed by atoms with Crippen LogP contribution >= 0.6 is 0 Å². The van der Waals surface area contributed by atoms with Gasteiger partial charge in [0, 0.05) is 16.5 Å². The van der Waals surface area contributed by atoms with Gasteiger partial charge in [0.05, 0.1) is 11.0 Å². The summed E-state index contributed by atoms with van der Waals surface area (Å²) in [6, 6.07) is 73.6. The van der Waals surface area contributed by atoms with Crippen molar-refractivity contribution in [3.63, 3.8) is 0 Å². The number of para-hydroxylation sites is 2. The Hall–Kier alpha value is -6.96. The summed E-state index contributed by atoms with van der Waals surface area (Å²) >= 11 is 0. The fourth-order valence-corrected chi connectivity index (χ4v) is 8.83.